The lowest BCUT2D eigenvalue weighted by Crippen LogP contribution is -2.49. The fourth-order valence-corrected chi connectivity index (χ4v) is 2.70. The maximum absolute atomic E-state index is 6.06. The number of ether oxygens (including phenoxy) is 2. The predicted octanol–water partition coefficient (Wildman–Crippen LogP) is 1.57. The first-order chi connectivity index (χ1) is 9.69. The molecule has 0 amide bonds. The van der Waals surface area contributed by atoms with Crippen molar-refractivity contribution in [1.82, 2.24) is 10.3 Å². The lowest BCUT2D eigenvalue weighted by atomic mass is 10.00. The van der Waals surface area contributed by atoms with Crippen LogP contribution in [0, 0.1) is 0 Å². The van der Waals surface area contributed by atoms with Gasteiger partial charge in [-0.3, -0.25) is 16.2 Å². The zero-order valence-electron chi connectivity index (χ0n) is 11.9. The third-order valence-corrected chi connectivity index (χ3v) is 4.02. The molecule has 1 aliphatic heterocycles. The molecule has 5 nitrogen and oxygen atoms in total. The summed E-state index contributed by atoms with van der Waals surface area (Å²) in [4.78, 5) is 2.35. The van der Waals surface area contributed by atoms with E-state index in [0.29, 0.717) is 10.8 Å². The Kier molecular flexibility index (Phi) is 5.63. The summed E-state index contributed by atoms with van der Waals surface area (Å²) in [6.07, 6.45) is 0.0135. The van der Waals surface area contributed by atoms with Crippen LogP contribution in [0.2, 0.25) is 5.02 Å². The molecule has 1 aliphatic rings. The second kappa shape index (κ2) is 7.24. The first kappa shape index (κ1) is 15.5. The first-order valence-electron chi connectivity index (χ1n) is 6.83. The van der Waals surface area contributed by atoms with Gasteiger partial charge in [0.05, 0.1) is 30.9 Å². The van der Waals surface area contributed by atoms with Crippen LogP contribution >= 0.6 is 11.6 Å². The monoisotopic (exact) mass is 299 g/mol. The van der Waals surface area contributed by atoms with Gasteiger partial charge in [-0.05, 0) is 24.2 Å². The minimum Gasteiger partial charge on any atom is -0.495 e. The highest BCUT2D eigenvalue weighted by Gasteiger charge is 2.28. The van der Waals surface area contributed by atoms with Gasteiger partial charge in [0.1, 0.15) is 5.75 Å². The van der Waals surface area contributed by atoms with Crippen molar-refractivity contribution in [2.24, 2.45) is 5.84 Å². The highest BCUT2D eigenvalue weighted by molar-refractivity contribution is 6.32. The third-order valence-electron chi connectivity index (χ3n) is 3.71. The molecule has 1 aromatic rings. The lowest BCUT2D eigenvalue weighted by molar-refractivity contribution is -0.0456. The van der Waals surface area contributed by atoms with Gasteiger partial charge in [0.15, 0.2) is 0 Å². The number of hydrogen-bond donors (Lipinski definition) is 2. The van der Waals surface area contributed by atoms with Crippen molar-refractivity contribution >= 4 is 11.6 Å². The lowest BCUT2D eigenvalue weighted by Gasteiger charge is -2.36. The highest BCUT2D eigenvalue weighted by Crippen LogP contribution is 2.30. The number of halogens is 1. The Morgan fingerprint density at radius 1 is 1.60 bits per heavy atom. The number of morpholine rings is 1. The average molecular weight is 300 g/mol. The third kappa shape index (κ3) is 3.42. The Hall–Kier alpha value is -0.850. The number of likely N-dealkylation sites (N-methyl/N-ethyl adjacent to an activating group) is 1. The SMILES string of the molecule is CCN1CCOC(C(NN)c2ccc(Cl)c(OC)c2)C1. The van der Waals surface area contributed by atoms with Crippen molar-refractivity contribution in [3.8, 4) is 5.75 Å². The molecule has 1 fully saturated rings. The van der Waals surface area contributed by atoms with E-state index < -0.39 is 0 Å². The number of nitrogens with one attached hydrogen (secondary N) is 1. The summed E-state index contributed by atoms with van der Waals surface area (Å²) in [6, 6.07) is 5.58. The zero-order chi connectivity index (χ0) is 14.5. The molecular formula is C14H22ClN3O2. The van der Waals surface area contributed by atoms with Crippen molar-refractivity contribution in [2.45, 2.75) is 19.1 Å². The van der Waals surface area contributed by atoms with Gasteiger partial charge in [0, 0.05) is 13.1 Å². The van der Waals surface area contributed by atoms with Gasteiger partial charge < -0.3 is 9.47 Å². The van der Waals surface area contributed by atoms with Gasteiger partial charge in [0.25, 0.3) is 0 Å². The number of rotatable bonds is 5. The van der Waals surface area contributed by atoms with E-state index in [4.69, 9.17) is 26.9 Å². The van der Waals surface area contributed by atoms with E-state index in [0.717, 1.165) is 31.8 Å². The van der Waals surface area contributed by atoms with E-state index in [1.54, 1.807) is 7.11 Å². The normalized spacial score (nSPS) is 21.7. The van der Waals surface area contributed by atoms with Crippen LogP contribution in [0.15, 0.2) is 18.2 Å². The molecule has 6 heteroatoms. The second-order valence-corrected chi connectivity index (χ2v) is 5.25. The number of nitrogens with two attached hydrogens (primary N) is 1. The van der Waals surface area contributed by atoms with Crippen LogP contribution < -0.4 is 16.0 Å². The van der Waals surface area contributed by atoms with E-state index in [1.807, 2.05) is 18.2 Å². The van der Waals surface area contributed by atoms with Crippen molar-refractivity contribution < 1.29 is 9.47 Å². The fourth-order valence-electron chi connectivity index (χ4n) is 2.51. The van der Waals surface area contributed by atoms with Crippen molar-refractivity contribution in [3.05, 3.63) is 28.8 Å². The van der Waals surface area contributed by atoms with E-state index in [-0.39, 0.29) is 12.1 Å². The molecule has 1 aromatic carbocycles. The van der Waals surface area contributed by atoms with Gasteiger partial charge in [-0.2, -0.15) is 0 Å². The van der Waals surface area contributed by atoms with E-state index in [2.05, 4.69) is 17.2 Å². The van der Waals surface area contributed by atoms with Crippen LogP contribution in [0.1, 0.15) is 18.5 Å². The Morgan fingerprint density at radius 3 is 3.05 bits per heavy atom. The topological polar surface area (TPSA) is 59.8 Å². The molecule has 1 heterocycles. The van der Waals surface area contributed by atoms with Gasteiger partial charge in [-0.15, -0.1) is 0 Å². The predicted molar refractivity (Wildman–Crippen MR) is 79.9 cm³/mol. The molecule has 3 N–H and O–H groups in total. The smallest absolute Gasteiger partial charge is 0.137 e. The Bertz CT molecular complexity index is 444. The molecule has 2 atom stereocenters. The summed E-state index contributed by atoms with van der Waals surface area (Å²) in [5, 5.41) is 0.590. The van der Waals surface area contributed by atoms with Crippen molar-refractivity contribution in [1.29, 1.82) is 0 Å². The largest absolute Gasteiger partial charge is 0.495 e. The molecule has 0 aromatic heterocycles. The van der Waals surface area contributed by atoms with Gasteiger partial charge >= 0.3 is 0 Å². The van der Waals surface area contributed by atoms with Gasteiger partial charge in [0.2, 0.25) is 0 Å². The highest BCUT2D eigenvalue weighted by atomic mass is 35.5. The molecule has 0 bridgehead atoms. The fraction of sp³-hybridized carbons (Fsp3) is 0.571. The second-order valence-electron chi connectivity index (χ2n) is 4.84. The van der Waals surface area contributed by atoms with Crippen LogP contribution in [0.25, 0.3) is 0 Å². The number of benzene rings is 1. The molecular weight excluding hydrogens is 278 g/mol. The zero-order valence-corrected chi connectivity index (χ0v) is 12.7. The van der Waals surface area contributed by atoms with Crippen molar-refractivity contribution in [3.63, 3.8) is 0 Å². The molecule has 0 spiro atoms. The summed E-state index contributed by atoms with van der Waals surface area (Å²) in [6.45, 7) is 5.71. The molecule has 20 heavy (non-hydrogen) atoms. The Labute approximate surface area is 124 Å². The summed E-state index contributed by atoms with van der Waals surface area (Å²) in [5.41, 5.74) is 3.86. The van der Waals surface area contributed by atoms with Crippen LogP contribution in [0.3, 0.4) is 0 Å². The number of nitrogens with zero attached hydrogens (tertiary/aromatic N) is 1. The van der Waals surface area contributed by atoms with E-state index in [1.165, 1.54) is 0 Å². The van der Waals surface area contributed by atoms with Crippen molar-refractivity contribution in [2.75, 3.05) is 33.4 Å². The van der Waals surface area contributed by atoms with E-state index in [9.17, 15) is 0 Å². The number of hydrazine groups is 1. The standard InChI is InChI=1S/C14H22ClN3O2/c1-3-18-6-7-20-13(9-18)14(17-16)10-4-5-11(15)12(8-10)19-2/h4-5,8,13-14,17H,3,6-7,9,16H2,1-2H3. The maximum Gasteiger partial charge on any atom is 0.137 e. The molecule has 2 unspecified atom stereocenters. The average Bonchev–Trinajstić information content (AvgIpc) is 2.50. The Balaban J connectivity index is 2.18. The van der Waals surface area contributed by atoms with Crippen LogP contribution in [-0.4, -0.2) is 44.4 Å². The maximum atomic E-state index is 6.06. The first-order valence-corrected chi connectivity index (χ1v) is 7.21. The summed E-state index contributed by atoms with van der Waals surface area (Å²) in [7, 11) is 1.60. The van der Waals surface area contributed by atoms with Crippen LogP contribution in [0.4, 0.5) is 0 Å². The van der Waals surface area contributed by atoms with Gasteiger partial charge in [-0.25, -0.2) is 0 Å². The molecule has 0 aliphatic carbocycles. The minimum atomic E-state index is -0.0875. The van der Waals surface area contributed by atoms with Crippen LogP contribution in [0.5, 0.6) is 5.75 Å². The quantitative estimate of drug-likeness (QED) is 0.638. The molecule has 1 saturated heterocycles. The molecule has 0 radical (unpaired) electrons. The van der Waals surface area contributed by atoms with E-state index >= 15 is 0 Å². The summed E-state index contributed by atoms with van der Waals surface area (Å²) in [5.74, 6) is 6.38. The summed E-state index contributed by atoms with van der Waals surface area (Å²) < 4.78 is 11.1. The number of methoxy groups -OCH3 is 1. The molecule has 0 saturated carbocycles. The van der Waals surface area contributed by atoms with Gasteiger partial charge in [-0.1, -0.05) is 24.6 Å². The minimum absolute atomic E-state index is 0.0135. The molecule has 2 rings (SSSR count). The summed E-state index contributed by atoms with van der Waals surface area (Å²) >= 11 is 6.06. The number of hydrogen-bond acceptors (Lipinski definition) is 5. The Morgan fingerprint density at radius 2 is 2.40 bits per heavy atom. The van der Waals surface area contributed by atoms with Crippen LogP contribution in [-0.2, 0) is 4.74 Å². The molecule has 112 valence electrons.